The largest absolute Gasteiger partial charge is 0.372 e. The van der Waals surface area contributed by atoms with Gasteiger partial charge in [-0.25, -0.2) is 14.4 Å². The van der Waals surface area contributed by atoms with Gasteiger partial charge in [-0.2, -0.15) is 0 Å². The normalized spacial score (nSPS) is 25.1. The van der Waals surface area contributed by atoms with Gasteiger partial charge in [0.2, 0.25) is 11.9 Å². The molecule has 2 aromatic rings. The first-order valence-corrected chi connectivity index (χ1v) is 11.0. The molecular formula is C24H31FN4O2. The third kappa shape index (κ3) is 5.21. The number of nitrogens with zero attached hydrogens (tertiary/aromatic N) is 3. The van der Waals surface area contributed by atoms with E-state index in [1.54, 1.807) is 12.1 Å². The fourth-order valence-corrected chi connectivity index (χ4v) is 4.69. The molecule has 1 aromatic heterocycles. The minimum Gasteiger partial charge on any atom is -0.372 e. The lowest BCUT2D eigenvalue weighted by Crippen LogP contribution is -2.46. The molecule has 2 aliphatic rings. The molecule has 1 amide bonds. The minimum atomic E-state index is -0.302. The fourth-order valence-electron chi connectivity index (χ4n) is 4.69. The zero-order valence-corrected chi connectivity index (χ0v) is 18.7. The molecule has 2 heterocycles. The van der Waals surface area contributed by atoms with Gasteiger partial charge < -0.3 is 15.0 Å². The number of carbonyl (C=O) groups excluding carboxylic acids is 1. The number of benzene rings is 1. The zero-order chi connectivity index (χ0) is 22.2. The van der Waals surface area contributed by atoms with Crippen LogP contribution in [0.15, 0.2) is 30.5 Å². The number of ether oxygens (including phenoxy) is 1. The quantitative estimate of drug-likeness (QED) is 0.809. The highest BCUT2D eigenvalue weighted by atomic mass is 19.1. The first-order chi connectivity index (χ1) is 14.7. The van der Waals surface area contributed by atoms with Crippen LogP contribution in [0, 0.1) is 11.2 Å². The molecule has 0 radical (unpaired) electrons. The zero-order valence-electron chi connectivity index (χ0n) is 18.7. The summed E-state index contributed by atoms with van der Waals surface area (Å²) in [7, 11) is 0. The number of anilines is 1. The number of nitrogens with one attached hydrogen (secondary N) is 1. The molecule has 1 aliphatic carbocycles. The van der Waals surface area contributed by atoms with E-state index in [4.69, 9.17) is 9.72 Å². The van der Waals surface area contributed by atoms with Gasteiger partial charge in [0, 0.05) is 24.8 Å². The Balaban J connectivity index is 1.53. The number of fused-ring (bicyclic) bond motifs is 1. The van der Waals surface area contributed by atoms with Crippen LogP contribution in [-0.2, 0) is 22.4 Å². The molecule has 0 spiro atoms. The number of aromatic nitrogens is 2. The van der Waals surface area contributed by atoms with Gasteiger partial charge in [-0.1, -0.05) is 26.0 Å². The molecule has 1 saturated heterocycles. The number of hydrogen-bond donors (Lipinski definition) is 1. The molecule has 1 aromatic carbocycles. The van der Waals surface area contributed by atoms with E-state index in [0.29, 0.717) is 0 Å². The maximum Gasteiger partial charge on any atom is 0.225 e. The molecule has 1 N–H and O–H groups in total. The first-order valence-electron chi connectivity index (χ1n) is 11.0. The SMILES string of the molecule is CC1CN(c2ncc3c(n2)CC(C)(C)CC3NC(=O)Cc2ccc(F)cc2)CC(C)O1. The lowest BCUT2D eigenvalue weighted by molar-refractivity contribution is -0.121. The first kappa shape index (κ1) is 21.7. The highest BCUT2D eigenvalue weighted by Gasteiger charge is 2.35. The van der Waals surface area contributed by atoms with Crippen LogP contribution < -0.4 is 10.2 Å². The maximum atomic E-state index is 13.1. The summed E-state index contributed by atoms with van der Waals surface area (Å²) in [6, 6.07) is 5.92. The third-order valence-electron chi connectivity index (χ3n) is 5.98. The van der Waals surface area contributed by atoms with Crippen molar-refractivity contribution in [2.45, 2.75) is 65.2 Å². The number of halogens is 1. The number of carbonyl (C=O) groups is 1. The van der Waals surface area contributed by atoms with Gasteiger partial charge >= 0.3 is 0 Å². The molecule has 0 saturated carbocycles. The molecule has 7 heteroatoms. The van der Waals surface area contributed by atoms with Crippen LogP contribution in [0.4, 0.5) is 10.3 Å². The van der Waals surface area contributed by atoms with E-state index in [2.05, 4.69) is 42.9 Å². The van der Waals surface area contributed by atoms with Crippen molar-refractivity contribution in [3.8, 4) is 0 Å². The maximum absolute atomic E-state index is 13.1. The molecule has 1 fully saturated rings. The molecular weight excluding hydrogens is 395 g/mol. The van der Waals surface area contributed by atoms with Crippen molar-refractivity contribution < 1.29 is 13.9 Å². The Morgan fingerprint density at radius 3 is 2.58 bits per heavy atom. The van der Waals surface area contributed by atoms with Gasteiger partial charge in [-0.15, -0.1) is 0 Å². The smallest absolute Gasteiger partial charge is 0.225 e. The van der Waals surface area contributed by atoms with Crippen LogP contribution in [0.1, 0.15) is 57.0 Å². The van der Waals surface area contributed by atoms with Crippen LogP contribution in [0.25, 0.3) is 0 Å². The Labute approximate surface area is 183 Å². The Morgan fingerprint density at radius 1 is 1.23 bits per heavy atom. The van der Waals surface area contributed by atoms with E-state index in [-0.39, 0.29) is 41.8 Å². The van der Waals surface area contributed by atoms with Crippen molar-refractivity contribution in [2.75, 3.05) is 18.0 Å². The van der Waals surface area contributed by atoms with Gasteiger partial charge in [0.05, 0.1) is 30.4 Å². The number of rotatable bonds is 4. The van der Waals surface area contributed by atoms with Crippen molar-refractivity contribution in [2.24, 2.45) is 5.41 Å². The summed E-state index contributed by atoms with van der Waals surface area (Å²) in [6.45, 7) is 10.1. The molecule has 1 aliphatic heterocycles. The van der Waals surface area contributed by atoms with Gasteiger partial charge in [0.15, 0.2) is 0 Å². The summed E-state index contributed by atoms with van der Waals surface area (Å²) in [5.74, 6) is 0.346. The number of morpholine rings is 1. The van der Waals surface area contributed by atoms with E-state index in [1.807, 2.05) is 6.20 Å². The average Bonchev–Trinajstić information content (AvgIpc) is 2.67. The minimum absolute atomic E-state index is 0.0119. The summed E-state index contributed by atoms with van der Waals surface area (Å²) in [5.41, 5.74) is 2.79. The molecule has 166 valence electrons. The van der Waals surface area contributed by atoms with Gasteiger partial charge in [-0.05, 0) is 49.8 Å². The predicted molar refractivity (Wildman–Crippen MR) is 117 cm³/mol. The molecule has 3 atom stereocenters. The molecule has 31 heavy (non-hydrogen) atoms. The predicted octanol–water partition coefficient (Wildman–Crippen LogP) is 3.60. The van der Waals surface area contributed by atoms with E-state index in [0.717, 1.165) is 48.7 Å². The topological polar surface area (TPSA) is 67.4 Å². The molecule has 0 bridgehead atoms. The van der Waals surface area contributed by atoms with Crippen LogP contribution in [-0.4, -0.2) is 41.2 Å². The van der Waals surface area contributed by atoms with Crippen molar-refractivity contribution >= 4 is 11.9 Å². The van der Waals surface area contributed by atoms with Crippen molar-refractivity contribution in [3.05, 3.63) is 53.1 Å². The second kappa shape index (κ2) is 8.54. The second-order valence-electron chi connectivity index (χ2n) is 9.70. The van der Waals surface area contributed by atoms with Crippen LogP contribution >= 0.6 is 0 Å². The lowest BCUT2D eigenvalue weighted by Gasteiger charge is -2.38. The number of amides is 1. The van der Waals surface area contributed by atoms with Gasteiger partial charge in [0.1, 0.15) is 5.82 Å². The Bertz CT molecular complexity index is 937. The monoisotopic (exact) mass is 426 g/mol. The second-order valence-corrected chi connectivity index (χ2v) is 9.70. The Kier molecular flexibility index (Phi) is 5.97. The summed E-state index contributed by atoms with van der Waals surface area (Å²) in [5, 5.41) is 3.16. The van der Waals surface area contributed by atoms with Crippen molar-refractivity contribution in [1.82, 2.24) is 15.3 Å². The highest BCUT2D eigenvalue weighted by Crippen LogP contribution is 2.40. The van der Waals surface area contributed by atoms with E-state index < -0.39 is 0 Å². The lowest BCUT2D eigenvalue weighted by atomic mass is 9.74. The number of hydrogen-bond acceptors (Lipinski definition) is 5. The van der Waals surface area contributed by atoms with Crippen LogP contribution in [0.3, 0.4) is 0 Å². The molecule has 3 unspecified atom stereocenters. The Hall–Kier alpha value is -2.54. The van der Waals surface area contributed by atoms with E-state index in [1.165, 1.54) is 12.1 Å². The standard InChI is InChI=1S/C24H31FN4O2/c1-15-13-29(14-16(2)31-15)23-26-12-19-20(10-24(3,4)11-21(19)28-23)27-22(30)9-17-5-7-18(25)8-6-17/h5-8,12,15-16,20H,9-11,13-14H2,1-4H3,(H,27,30). The summed E-state index contributed by atoms with van der Waals surface area (Å²) < 4.78 is 19.0. The van der Waals surface area contributed by atoms with E-state index in [9.17, 15) is 9.18 Å². The molecule has 4 rings (SSSR count). The van der Waals surface area contributed by atoms with E-state index >= 15 is 0 Å². The van der Waals surface area contributed by atoms with Crippen molar-refractivity contribution in [3.63, 3.8) is 0 Å². The fraction of sp³-hybridized carbons (Fsp3) is 0.542. The Morgan fingerprint density at radius 2 is 1.90 bits per heavy atom. The molecule has 6 nitrogen and oxygen atoms in total. The van der Waals surface area contributed by atoms with Crippen LogP contribution in [0.5, 0.6) is 0 Å². The summed E-state index contributed by atoms with van der Waals surface area (Å²) in [6.07, 6.45) is 4.04. The summed E-state index contributed by atoms with van der Waals surface area (Å²) in [4.78, 5) is 24.5. The van der Waals surface area contributed by atoms with Gasteiger partial charge in [-0.3, -0.25) is 4.79 Å². The third-order valence-corrected chi connectivity index (χ3v) is 5.98. The van der Waals surface area contributed by atoms with Crippen LogP contribution in [0.2, 0.25) is 0 Å². The highest BCUT2D eigenvalue weighted by molar-refractivity contribution is 5.79. The van der Waals surface area contributed by atoms with Crippen molar-refractivity contribution in [1.29, 1.82) is 0 Å². The average molecular weight is 427 g/mol. The van der Waals surface area contributed by atoms with Gasteiger partial charge in [0.25, 0.3) is 0 Å². The summed E-state index contributed by atoms with van der Waals surface area (Å²) >= 11 is 0.